The van der Waals surface area contributed by atoms with Crippen LogP contribution in [0.25, 0.3) is 10.8 Å². The van der Waals surface area contributed by atoms with Crippen molar-refractivity contribution >= 4 is 28.2 Å². The van der Waals surface area contributed by atoms with E-state index in [1.54, 1.807) is 6.20 Å². The molecule has 0 amide bonds. The maximum absolute atomic E-state index is 10.4. The third-order valence-corrected chi connectivity index (χ3v) is 3.07. The molecule has 0 unspecified atom stereocenters. The molecule has 0 aliphatic carbocycles. The lowest BCUT2D eigenvalue weighted by atomic mass is 10.1. The Kier molecular flexibility index (Phi) is 3.85. The fourth-order valence-corrected chi connectivity index (χ4v) is 1.97. The first-order valence-corrected chi connectivity index (χ1v) is 6.19. The number of aliphatic carboxylic acids is 1. The normalized spacial score (nSPS) is 10.6. The van der Waals surface area contributed by atoms with Gasteiger partial charge in [0.1, 0.15) is 5.82 Å². The highest BCUT2D eigenvalue weighted by atomic mass is 16.4. The highest BCUT2D eigenvalue weighted by molar-refractivity contribution is 6.00. The summed E-state index contributed by atoms with van der Waals surface area (Å²) in [5.74, 6) is -0.0397. The number of rotatable bonds is 5. The van der Waals surface area contributed by atoms with Crippen LogP contribution in [0.4, 0.5) is 11.5 Å². The molecule has 19 heavy (non-hydrogen) atoms. The summed E-state index contributed by atoms with van der Waals surface area (Å²) >= 11 is 0. The number of nitrogens with zero attached hydrogens (tertiary/aromatic N) is 1. The van der Waals surface area contributed by atoms with Crippen molar-refractivity contribution in [3.63, 3.8) is 0 Å². The van der Waals surface area contributed by atoms with Gasteiger partial charge in [0.15, 0.2) is 0 Å². The fraction of sp³-hybridized carbons (Fsp3) is 0.286. The van der Waals surface area contributed by atoms with Gasteiger partial charge in [-0.05, 0) is 25.0 Å². The van der Waals surface area contributed by atoms with Crippen molar-refractivity contribution in [1.82, 2.24) is 4.98 Å². The van der Waals surface area contributed by atoms with Crippen LogP contribution in [0.5, 0.6) is 0 Å². The van der Waals surface area contributed by atoms with Gasteiger partial charge in [-0.1, -0.05) is 12.1 Å². The minimum absolute atomic E-state index is 0.152. The molecule has 0 aliphatic heterocycles. The van der Waals surface area contributed by atoms with Gasteiger partial charge in [-0.15, -0.1) is 0 Å². The Bertz CT molecular complexity index is 611. The van der Waals surface area contributed by atoms with Crippen molar-refractivity contribution in [3.05, 3.63) is 30.0 Å². The molecule has 0 aliphatic rings. The van der Waals surface area contributed by atoms with Crippen molar-refractivity contribution in [2.24, 2.45) is 0 Å². The third-order valence-electron chi connectivity index (χ3n) is 3.07. The predicted octanol–water partition coefficient (Wildman–Crippen LogP) is 2.40. The van der Waals surface area contributed by atoms with E-state index in [4.69, 9.17) is 10.8 Å². The van der Waals surface area contributed by atoms with Gasteiger partial charge in [-0.3, -0.25) is 4.79 Å². The van der Waals surface area contributed by atoms with Gasteiger partial charge in [0.25, 0.3) is 0 Å². The van der Waals surface area contributed by atoms with Gasteiger partial charge in [-0.2, -0.15) is 0 Å². The Morgan fingerprint density at radius 3 is 2.89 bits per heavy atom. The third kappa shape index (κ3) is 2.93. The number of hydrogen-bond acceptors (Lipinski definition) is 4. The van der Waals surface area contributed by atoms with E-state index in [1.165, 1.54) is 0 Å². The van der Waals surface area contributed by atoms with Gasteiger partial charge >= 0.3 is 5.97 Å². The number of fused-ring (bicyclic) bond motifs is 1. The van der Waals surface area contributed by atoms with Crippen LogP contribution in [-0.4, -0.2) is 22.6 Å². The first-order chi connectivity index (χ1) is 9.09. The second kappa shape index (κ2) is 5.56. The molecule has 2 rings (SSSR count). The van der Waals surface area contributed by atoms with Crippen LogP contribution in [0.1, 0.15) is 18.4 Å². The average molecular weight is 259 g/mol. The Morgan fingerprint density at radius 2 is 2.16 bits per heavy atom. The standard InChI is InChI=1S/C14H17N3O2/c1-9-4-5-11-10(13(9)15)6-8-17-14(11)16-7-2-3-12(18)19/h4-6,8H,2-3,7,15H2,1H3,(H,16,17)(H,18,19). The largest absolute Gasteiger partial charge is 0.481 e. The summed E-state index contributed by atoms with van der Waals surface area (Å²) < 4.78 is 0. The molecule has 0 saturated heterocycles. The molecular formula is C14H17N3O2. The molecule has 5 heteroatoms. The van der Waals surface area contributed by atoms with Crippen molar-refractivity contribution in [2.75, 3.05) is 17.6 Å². The van der Waals surface area contributed by atoms with Crippen LogP contribution in [0, 0.1) is 6.92 Å². The summed E-state index contributed by atoms with van der Waals surface area (Å²) in [7, 11) is 0. The highest BCUT2D eigenvalue weighted by Crippen LogP contribution is 2.28. The van der Waals surface area contributed by atoms with Crippen LogP contribution in [-0.2, 0) is 4.79 Å². The minimum Gasteiger partial charge on any atom is -0.481 e. The van der Waals surface area contributed by atoms with Crippen molar-refractivity contribution in [3.8, 4) is 0 Å². The zero-order valence-corrected chi connectivity index (χ0v) is 10.8. The van der Waals surface area contributed by atoms with Gasteiger partial charge in [-0.25, -0.2) is 4.98 Å². The number of nitrogens with one attached hydrogen (secondary N) is 1. The first kappa shape index (κ1) is 13.1. The zero-order valence-electron chi connectivity index (χ0n) is 10.8. The van der Waals surface area contributed by atoms with E-state index in [-0.39, 0.29) is 6.42 Å². The maximum Gasteiger partial charge on any atom is 0.303 e. The molecule has 0 bridgehead atoms. The lowest BCUT2D eigenvalue weighted by Gasteiger charge is -2.10. The summed E-state index contributed by atoms with van der Waals surface area (Å²) in [6, 6.07) is 5.83. The number of benzene rings is 1. The molecule has 0 spiro atoms. The average Bonchev–Trinajstić information content (AvgIpc) is 2.39. The number of hydrogen-bond donors (Lipinski definition) is 3. The number of aryl methyl sites for hydroxylation is 1. The van der Waals surface area contributed by atoms with Crippen LogP contribution < -0.4 is 11.1 Å². The SMILES string of the molecule is Cc1ccc2c(NCCCC(=O)O)nccc2c1N. The topological polar surface area (TPSA) is 88.2 Å². The van der Waals surface area contributed by atoms with Gasteiger partial charge in [0, 0.05) is 35.6 Å². The highest BCUT2D eigenvalue weighted by Gasteiger charge is 2.06. The summed E-state index contributed by atoms with van der Waals surface area (Å²) in [5, 5.41) is 13.7. The zero-order chi connectivity index (χ0) is 13.8. The molecule has 0 fully saturated rings. The van der Waals surface area contributed by atoms with E-state index >= 15 is 0 Å². The van der Waals surface area contributed by atoms with Gasteiger partial charge in [0.2, 0.25) is 0 Å². The number of carbonyl (C=O) groups is 1. The maximum atomic E-state index is 10.4. The number of nitrogens with two attached hydrogens (primary N) is 1. The number of nitrogen functional groups attached to an aromatic ring is 1. The Morgan fingerprint density at radius 1 is 1.37 bits per heavy atom. The molecule has 0 atom stereocenters. The number of carboxylic acids is 1. The molecule has 100 valence electrons. The van der Waals surface area contributed by atoms with Crippen molar-refractivity contribution in [2.45, 2.75) is 19.8 Å². The Balaban J connectivity index is 2.20. The molecular weight excluding hydrogens is 242 g/mol. The number of aromatic nitrogens is 1. The molecule has 2 aromatic rings. The second-order valence-corrected chi connectivity index (χ2v) is 4.47. The molecule has 0 saturated carbocycles. The lowest BCUT2D eigenvalue weighted by molar-refractivity contribution is -0.137. The molecule has 0 radical (unpaired) electrons. The molecule has 5 nitrogen and oxygen atoms in total. The summed E-state index contributed by atoms with van der Waals surface area (Å²) in [6.45, 7) is 2.54. The van der Waals surface area contributed by atoms with E-state index < -0.39 is 5.97 Å². The number of anilines is 2. The van der Waals surface area contributed by atoms with E-state index in [1.807, 2.05) is 25.1 Å². The first-order valence-electron chi connectivity index (χ1n) is 6.19. The summed E-state index contributed by atoms with van der Waals surface area (Å²) in [6.07, 6.45) is 2.42. The predicted molar refractivity (Wildman–Crippen MR) is 76.3 cm³/mol. The minimum atomic E-state index is -0.785. The van der Waals surface area contributed by atoms with Crippen LogP contribution >= 0.6 is 0 Å². The van der Waals surface area contributed by atoms with E-state index in [2.05, 4.69) is 10.3 Å². The molecule has 1 heterocycles. The van der Waals surface area contributed by atoms with Crippen molar-refractivity contribution in [1.29, 1.82) is 0 Å². The monoisotopic (exact) mass is 259 g/mol. The number of carboxylic acid groups (broad SMARTS) is 1. The Hall–Kier alpha value is -2.30. The van der Waals surface area contributed by atoms with E-state index in [0.717, 1.165) is 27.8 Å². The van der Waals surface area contributed by atoms with Gasteiger partial charge in [0.05, 0.1) is 0 Å². The van der Waals surface area contributed by atoms with Crippen molar-refractivity contribution < 1.29 is 9.90 Å². The molecule has 1 aromatic heterocycles. The smallest absolute Gasteiger partial charge is 0.303 e. The van der Waals surface area contributed by atoms with E-state index in [9.17, 15) is 4.79 Å². The van der Waals surface area contributed by atoms with E-state index in [0.29, 0.717) is 13.0 Å². The second-order valence-electron chi connectivity index (χ2n) is 4.47. The Labute approximate surface area is 111 Å². The van der Waals surface area contributed by atoms with Crippen LogP contribution in [0.15, 0.2) is 24.4 Å². The summed E-state index contributed by atoms with van der Waals surface area (Å²) in [4.78, 5) is 14.7. The fourth-order valence-electron chi connectivity index (χ4n) is 1.97. The quantitative estimate of drug-likeness (QED) is 0.567. The molecule has 1 aromatic carbocycles. The number of pyridine rings is 1. The summed E-state index contributed by atoms with van der Waals surface area (Å²) in [5.41, 5.74) is 7.84. The van der Waals surface area contributed by atoms with Crippen LogP contribution in [0.2, 0.25) is 0 Å². The lowest BCUT2D eigenvalue weighted by Crippen LogP contribution is -2.06. The van der Waals surface area contributed by atoms with Gasteiger partial charge < -0.3 is 16.2 Å². The molecule has 4 N–H and O–H groups in total. The van der Waals surface area contributed by atoms with Crippen LogP contribution in [0.3, 0.4) is 0 Å².